The second-order valence-electron chi connectivity index (χ2n) is 21.5. The molecule has 0 spiro atoms. The quantitative estimate of drug-likeness (QED) is 0.131. The lowest BCUT2D eigenvalue weighted by Crippen LogP contribution is -2.36. The Hall–Kier alpha value is -14.3. The molecule has 0 saturated carbocycles. The van der Waals surface area contributed by atoms with Crippen LogP contribution in [-0.2, 0) is 65.1 Å². The predicted molar refractivity (Wildman–Crippen MR) is 306 cm³/mol. The molecular weight excluding hydrogens is 1470 g/mol. The van der Waals surface area contributed by atoms with Crippen molar-refractivity contribution in [2.75, 3.05) is 0 Å². The molecule has 6 aliphatic rings. The summed E-state index contributed by atoms with van der Waals surface area (Å²) >= 11 is 0. The first kappa shape index (κ1) is 79.0. The zero-order valence-electron chi connectivity index (χ0n) is 52.0. The summed E-state index contributed by atoms with van der Waals surface area (Å²) in [6.45, 7) is 46.2. The van der Waals surface area contributed by atoms with E-state index in [0.29, 0.717) is 5.57 Å². The molecule has 0 N–H and O–H groups in total. The molecule has 0 bridgehead atoms. The fourth-order valence-corrected chi connectivity index (χ4v) is 12.4. The van der Waals surface area contributed by atoms with Crippen LogP contribution < -0.4 is 40.8 Å². The minimum absolute atomic E-state index is 0.0211. The number of hydrogen-bond acceptors (Lipinski definition) is 13. The van der Waals surface area contributed by atoms with Crippen molar-refractivity contribution in [2.24, 2.45) is 0 Å². The van der Waals surface area contributed by atoms with Crippen LogP contribution in [0.2, 0.25) is 0 Å². The minimum Gasteiger partial charge on any atom is -0.405 e. The second kappa shape index (κ2) is 28.3. The average Bonchev–Trinajstić information content (AvgIpc) is 1.54. The Morgan fingerprint density at radius 1 is 0.302 bits per heavy atom. The first-order valence-electron chi connectivity index (χ1n) is 27.7. The highest BCUT2D eigenvalue weighted by molar-refractivity contribution is 5.84. The van der Waals surface area contributed by atoms with E-state index >= 15 is 0 Å². The summed E-state index contributed by atoms with van der Waals surface area (Å²) in [4.78, 5) is 17.8. The molecule has 0 aliphatic heterocycles. The van der Waals surface area contributed by atoms with E-state index in [4.69, 9.17) is 50.0 Å². The fraction of sp³-hybridized carbons (Fsp3) is 0.242. The third-order valence-corrected chi connectivity index (χ3v) is 16.0. The van der Waals surface area contributed by atoms with Crippen molar-refractivity contribution in [3.8, 4) is 60.1 Å². The van der Waals surface area contributed by atoms with Gasteiger partial charge in [-0.2, -0.15) is 97.5 Å². The van der Waals surface area contributed by atoms with Crippen molar-refractivity contribution < 1.29 is 116 Å². The Morgan fingerprint density at radius 2 is 0.547 bits per heavy atom. The van der Waals surface area contributed by atoms with Gasteiger partial charge in [-0.3, -0.25) is 0 Å². The van der Waals surface area contributed by atoms with Crippen molar-refractivity contribution in [1.82, 2.24) is 0 Å². The Morgan fingerprint density at radius 3 is 0.887 bits per heavy atom. The highest BCUT2D eigenvalue weighted by Crippen LogP contribution is 2.47. The Labute approximate surface area is 577 Å². The summed E-state index contributed by atoms with van der Waals surface area (Å²) in [6, 6.07) is 11.6. The zero-order valence-corrected chi connectivity index (χ0v) is 52.0. The SMILES string of the molecule is [C-]#[N+]C([N+]#[C-])=C1Cc2c(C#N)c3c(c(C#N)c2=C1C)CC(=C(C#N)C#N)C=3OC(F)(F)F.[C-]#[N+]C([N+]#[C-])=C1Cc2c(C(F)(F)F)c3c(c(C(F)(F)F)c2=C1C)CC(=C(C#N)C#N)C=3OC(F)(F)F.[C-]#[N+]C([N+]#[C-])=C1Cc2c(OC(F)(F)F)c3c(c(OC(F)(F)F)c2=C1C)CC(=C(C#N)C#N)C=3OC(F)(F)F. The van der Waals surface area contributed by atoms with Crippen molar-refractivity contribution in [1.29, 1.82) is 42.1 Å². The molecular formula is C66H21F21N14O5. The van der Waals surface area contributed by atoms with Gasteiger partial charge in [0.05, 0.1) is 44.2 Å². The summed E-state index contributed by atoms with van der Waals surface area (Å²) in [7, 11) is 0. The van der Waals surface area contributed by atoms with Crippen LogP contribution in [0.25, 0.3) is 63.1 Å². The van der Waals surface area contributed by atoms with Gasteiger partial charge in [-0.25, -0.2) is 0 Å². The molecule has 0 unspecified atom stereocenters. The van der Waals surface area contributed by atoms with E-state index in [0.717, 1.165) is 13.8 Å². The lowest BCUT2D eigenvalue weighted by atomic mass is 9.92. The largest absolute Gasteiger partial charge is 0.573 e. The van der Waals surface area contributed by atoms with Gasteiger partial charge in [0.15, 0.2) is 0 Å². The van der Waals surface area contributed by atoms with Crippen LogP contribution >= 0.6 is 0 Å². The van der Waals surface area contributed by atoms with E-state index < -0.39 is 210 Å². The lowest BCUT2D eigenvalue weighted by molar-refractivity contribution is -0.292. The van der Waals surface area contributed by atoms with Crippen LogP contribution in [0, 0.1) is 130 Å². The maximum atomic E-state index is 14.3. The first-order chi connectivity index (χ1) is 49.1. The summed E-state index contributed by atoms with van der Waals surface area (Å²) in [5.74, 6) is -8.63. The van der Waals surface area contributed by atoms with Gasteiger partial charge in [-0.05, 0) is 83.0 Å². The molecule has 3 aromatic rings. The van der Waals surface area contributed by atoms with E-state index in [1.807, 2.05) is 12.1 Å². The van der Waals surface area contributed by atoms with Crippen molar-refractivity contribution in [3.63, 3.8) is 0 Å². The van der Waals surface area contributed by atoms with Crippen LogP contribution in [0.5, 0.6) is 11.5 Å². The number of benzene rings is 3. The molecule has 3 aromatic carbocycles. The van der Waals surface area contributed by atoms with E-state index in [2.05, 4.69) is 52.8 Å². The summed E-state index contributed by atoms with van der Waals surface area (Å²) < 4.78 is 305. The molecule has 40 heteroatoms. The van der Waals surface area contributed by atoms with Gasteiger partial charge in [0, 0.05) is 69.2 Å². The van der Waals surface area contributed by atoms with Gasteiger partial charge < -0.3 is 23.7 Å². The van der Waals surface area contributed by atoms with Gasteiger partial charge in [0.2, 0.25) is 0 Å². The van der Waals surface area contributed by atoms with E-state index in [-0.39, 0.29) is 67.2 Å². The highest BCUT2D eigenvalue weighted by atomic mass is 19.4. The minimum atomic E-state index is -5.69. The van der Waals surface area contributed by atoms with Crippen LogP contribution in [0.4, 0.5) is 92.2 Å². The van der Waals surface area contributed by atoms with E-state index in [9.17, 15) is 124 Å². The van der Waals surface area contributed by atoms with Crippen LogP contribution in [0.15, 0.2) is 67.6 Å². The average molecular weight is 1490 g/mol. The van der Waals surface area contributed by atoms with Crippen molar-refractivity contribution in [2.45, 2.75) is 103 Å². The van der Waals surface area contributed by atoms with Crippen LogP contribution in [0.3, 0.4) is 0 Å². The number of nitrogens with zero attached hydrogens (tertiary/aromatic N) is 14. The number of fused-ring (bicyclic) bond motifs is 6. The van der Waals surface area contributed by atoms with Gasteiger partial charge in [0.25, 0.3) is 0 Å². The van der Waals surface area contributed by atoms with E-state index in [1.54, 1.807) is 6.92 Å². The molecule has 0 atom stereocenters. The number of ether oxygens (including phenoxy) is 5. The number of allylic oxidation sites excluding steroid dienone is 6. The monoisotopic (exact) mass is 1490 g/mol. The number of halogens is 21. The Kier molecular flexibility index (Phi) is 21.1. The van der Waals surface area contributed by atoms with Gasteiger partial charge in [-0.15, -0.1) is 65.9 Å². The van der Waals surface area contributed by atoms with Crippen LogP contribution in [-0.4, -0.2) is 31.8 Å². The van der Waals surface area contributed by atoms with Gasteiger partial charge >= 0.3 is 61.6 Å². The number of rotatable bonds is 5. The molecule has 0 fully saturated rings. The van der Waals surface area contributed by atoms with Crippen LogP contribution in [0.1, 0.15) is 76.4 Å². The normalized spacial score (nSPS) is 14.4. The molecule has 9 rings (SSSR count). The van der Waals surface area contributed by atoms with Crippen molar-refractivity contribution >= 4 is 34.0 Å². The van der Waals surface area contributed by atoms with Gasteiger partial charge in [0.1, 0.15) is 133 Å². The summed E-state index contributed by atoms with van der Waals surface area (Å²) in [5, 5.41) is 70.1. The molecule has 6 aliphatic carbocycles. The Bertz CT molecular complexity index is 5750. The molecule has 0 heterocycles. The molecule has 0 amide bonds. The molecule has 106 heavy (non-hydrogen) atoms. The molecule has 0 saturated heterocycles. The van der Waals surface area contributed by atoms with E-state index in [1.165, 1.54) is 36.4 Å². The third kappa shape index (κ3) is 14.8. The molecule has 0 aromatic heterocycles. The molecule has 19 nitrogen and oxygen atoms in total. The maximum Gasteiger partial charge on any atom is 0.573 e. The molecule has 0 radical (unpaired) electrons. The Balaban J connectivity index is 0.000000223. The first-order valence-corrected chi connectivity index (χ1v) is 27.7. The summed E-state index contributed by atoms with van der Waals surface area (Å²) in [5.41, 5.74) is -13.9. The topological polar surface area (TPSA) is 263 Å². The van der Waals surface area contributed by atoms with Crippen molar-refractivity contribution in [3.05, 3.63) is 223 Å². The standard InChI is InChI=1S/C22H7F9N4O3.C22H7F9N4O.C22H7F3N6O/c1-8-10(19(34-2)35-3)4-12-14(8)17(37-21(26,27)28)13-5-11(9(6-32)7-33)16(36-20(23,24)25)15(13)18(12)38-22(29,30)31;1-8-10(19(34-2)35-3)4-12-14(8)16(20(23,24)25)13-5-11(9(6-32)7-33)18(36-22(29,30)31)15(13)17(12)21(26,27)28;1-10-12(21(30-2)31-3)4-14-17(9-29)19-15(16(8-28)18(10)14)5-13(11(6-26)7-27)20(19)32-22(23,24)25/h4-5H2,1H3;4-5H2,1H3;4-5H2,1H3. The molecule has 532 valence electrons. The zero-order chi connectivity index (χ0) is 80.0. The highest BCUT2D eigenvalue weighted by Gasteiger charge is 2.51. The fourth-order valence-electron chi connectivity index (χ4n) is 12.4. The predicted octanol–water partition coefficient (Wildman–Crippen LogP) is 12.6. The van der Waals surface area contributed by atoms with Gasteiger partial charge in [-0.1, -0.05) is 0 Å². The third-order valence-electron chi connectivity index (χ3n) is 16.0. The lowest BCUT2D eigenvalue weighted by Gasteiger charge is -2.19. The number of hydrogen-bond donors (Lipinski definition) is 0. The number of alkyl halides is 21. The second-order valence-corrected chi connectivity index (χ2v) is 21.5. The number of nitriles is 8. The smallest absolute Gasteiger partial charge is 0.405 e. The maximum absolute atomic E-state index is 14.3. The summed E-state index contributed by atoms with van der Waals surface area (Å²) in [6.07, 6.45) is -43.3.